The number of hydrogen-bond donors (Lipinski definition) is 0. The Labute approximate surface area is 536 Å². The van der Waals surface area contributed by atoms with Gasteiger partial charge in [-0.25, -0.2) is 0 Å². The zero-order valence-electron chi connectivity index (χ0n) is 58.4. The minimum atomic E-state index is 0.697. The molecule has 0 atom stereocenters. The second-order valence-corrected chi connectivity index (χ2v) is 27.2. The van der Waals surface area contributed by atoms with E-state index in [9.17, 15) is 0 Å². The van der Waals surface area contributed by atoms with Crippen LogP contribution in [0, 0.1) is 0 Å². The van der Waals surface area contributed by atoms with Gasteiger partial charge in [0, 0.05) is 10.8 Å². The number of fused-ring (bicyclic) bond motifs is 2. The monoisotopic (exact) mass is 1200 g/mol. The normalized spacial score (nSPS) is 11.7. The Bertz CT molecular complexity index is 1790. The van der Waals surface area contributed by atoms with Crippen LogP contribution in [0.3, 0.4) is 0 Å². The molecule has 0 N–H and O–H groups in total. The zero-order valence-corrected chi connectivity index (χ0v) is 58.4. The molecule has 0 aliphatic heterocycles. The van der Waals surface area contributed by atoms with Crippen LogP contribution in [0.2, 0.25) is 0 Å². The Kier molecular flexibility index (Phi) is 54.1. The molecule has 0 fully saturated rings. The average Bonchev–Trinajstić information content (AvgIpc) is 1.04. The molecule has 3 rings (SSSR count). The van der Waals surface area contributed by atoms with Gasteiger partial charge in [-0.2, -0.15) is 0 Å². The molecule has 0 aliphatic carbocycles. The molecule has 0 unspecified atom stereocenters. The van der Waals surface area contributed by atoms with Gasteiger partial charge in [-0.05, 0) is 37.8 Å². The molecular weight excluding hydrogens is 1050 g/mol. The molecule has 86 heavy (non-hydrogen) atoms. The maximum Gasteiger partial charge on any atom is 0.142 e. The van der Waals surface area contributed by atoms with Crippen molar-refractivity contribution in [3.8, 4) is 23.0 Å². The fraction of sp³-hybridized carbons (Fsp3) is 0.829. The Morgan fingerprint density at radius 2 is 0.360 bits per heavy atom. The van der Waals surface area contributed by atoms with E-state index in [0.717, 1.165) is 90.0 Å². The van der Waals surface area contributed by atoms with Gasteiger partial charge in [-0.15, -0.1) is 0 Å². The highest BCUT2D eigenvalue weighted by molar-refractivity contribution is 6.15. The van der Waals surface area contributed by atoms with Crippen LogP contribution in [0.5, 0.6) is 23.0 Å². The smallest absolute Gasteiger partial charge is 0.142 e. The summed E-state index contributed by atoms with van der Waals surface area (Å²) >= 11 is 0. The van der Waals surface area contributed by atoms with Crippen LogP contribution in [-0.4, -0.2) is 26.4 Å². The first-order valence-corrected chi connectivity index (χ1v) is 39.3. The van der Waals surface area contributed by atoms with Gasteiger partial charge in [0.15, 0.2) is 0 Å². The number of unbranched alkanes of at least 4 members (excludes halogenated alkanes) is 56. The van der Waals surface area contributed by atoms with Crippen LogP contribution in [0.4, 0.5) is 0 Å². The highest BCUT2D eigenvalue weighted by Gasteiger charge is 2.23. The standard InChI is InChI=1S/C82H146O4/c1-5-9-13-17-21-25-29-33-37-41-45-49-53-57-61-71-83-77-69-65-67-75-79(77)82(86-74-64-60-56-52-48-44-40-36-32-28-24-20-16-12-8-4)80-76(81(75)85-73-63-59-55-51-47-43-39-35-31-27-23-19-15-11-7-3)68-66-70-78(80)84-72-62-58-54-50-46-42-38-34-30-26-22-18-14-10-6-2/h65-70H,5-64,71-74H2,1-4H3. The van der Waals surface area contributed by atoms with Crippen molar-refractivity contribution in [1.29, 1.82) is 0 Å². The molecule has 4 heteroatoms. The minimum absolute atomic E-state index is 0.697. The third-order valence-electron chi connectivity index (χ3n) is 19.0. The van der Waals surface area contributed by atoms with E-state index in [-0.39, 0.29) is 0 Å². The molecule has 0 saturated heterocycles. The molecule has 0 aromatic heterocycles. The van der Waals surface area contributed by atoms with E-state index in [1.807, 2.05) is 0 Å². The molecule has 0 bridgehead atoms. The maximum absolute atomic E-state index is 7.17. The van der Waals surface area contributed by atoms with Gasteiger partial charge in [0.1, 0.15) is 23.0 Å². The summed E-state index contributed by atoms with van der Waals surface area (Å²) in [6, 6.07) is 13.3. The molecule has 498 valence electrons. The highest BCUT2D eigenvalue weighted by Crippen LogP contribution is 2.50. The Hall–Kier alpha value is -2.62. The van der Waals surface area contributed by atoms with Gasteiger partial charge >= 0.3 is 0 Å². The first-order chi connectivity index (χ1) is 42.8. The van der Waals surface area contributed by atoms with Crippen molar-refractivity contribution < 1.29 is 18.9 Å². The lowest BCUT2D eigenvalue weighted by molar-refractivity contribution is 0.292. The van der Waals surface area contributed by atoms with Crippen molar-refractivity contribution >= 4 is 21.5 Å². The van der Waals surface area contributed by atoms with E-state index < -0.39 is 0 Å². The predicted octanol–water partition coefficient (Wildman–Crippen LogP) is 29.0. The van der Waals surface area contributed by atoms with E-state index in [0.29, 0.717) is 6.61 Å². The van der Waals surface area contributed by atoms with Crippen molar-refractivity contribution in [2.75, 3.05) is 26.4 Å². The Morgan fingerprint density at radius 3 is 0.570 bits per heavy atom. The van der Waals surface area contributed by atoms with Crippen LogP contribution >= 0.6 is 0 Å². The third-order valence-corrected chi connectivity index (χ3v) is 19.0. The predicted molar refractivity (Wildman–Crippen MR) is 383 cm³/mol. The molecular formula is C82H146O4. The van der Waals surface area contributed by atoms with E-state index in [1.165, 1.54) is 360 Å². The fourth-order valence-electron chi connectivity index (χ4n) is 13.3. The van der Waals surface area contributed by atoms with Crippen LogP contribution in [0.1, 0.15) is 413 Å². The lowest BCUT2D eigenvalue weighted by Gasteiger charge is -2.22. The van der Waals surface area contributed by atoms with Crippen molar-refractivity contribution in [1.82, 2.24) is 0 Å². The molecule has 0 saturated carbocycles. The van der Waals surface area contributed by atoms with Crippen LogP contribution in [-0.2, 0) is 0 Å². The lowest BCUT2D eigenvalue weighted by Crippen LogP contribution is -2.06. The van der Waals surface area contributed by atoms with Gasteiger partial charge in [-0.1, -0.05) is 412 Å². The first kappa shape index (κ1) is 77.6. The number of rotatable bonds is 68. The SMILES string of the molecule is CCCCCCCCCCCCCCCCCOc1c2cccc(OCCCCCCCCCCCCCCCCC)c2c(OCCCCCCCCCCCCCCCCC)c2c(OCCCCCCCCCCCCCCCCC)cccc12. The largest absolute Gasteiger partial charge is 0.493 e. The summed E-state index contributed by atoms with van der Waals surface area (Å²) in [5.74, 6) is 3.75. The van der Waals surface area contributed by atoms with E-state index in [1.54, 1.807) is 0 Å². The summed E-state index contributed by atoms with van der Waals surface area (Å²) in [6.07, 6.45) is 81.8. The van der Waals surface area contributed by atoms with Crippen molar-refractivity contribution in [3.05, 3.63) is 36.4 Å². The van der Waals surface area contributed by atoms with Crippen molar-refractivity contribution in [2.24, 2.45) is 0 Å². The summed E-state index contributed by atoms with van der Waals surface area (Å²) in [4.78, 5) is 0. The summed E-state index contributed by atoms with van der Waals surface area (Å²) < 4.78 is 28.0. The molecule has 0 spiro atoms. The quantitative estimate of drug-likeness (QED) is 0.0417. The van der Waals surface area contributed by atoms with Gasteiger partial charge < -0.3 is 18.9 Å². The Balaban J connectivity index is 1.67. The molecule has 0 heterocycles. The van der Waals surface area contributed by atoms with Gasteiger partial charge in [0.05, 0.1) is 37.2 Å². The average molecular weight is 1200 g/mol. The molecule has 0 radical (unpaired) electrons. The second kappa shape index (κ2) is 60.0. The number of hydrogen-bond acceptors (Lipinski definition) is 4. The van der Waals surface area contributed by atoms with E-state index in [4.69, 9.17) is 18.9 Å². The fourth-order valence-corrected chi connectivity index (χ4v) is 13.3. The van der Waals surface area contributed by atoms with Crippen LogP contribution in [0.15, 0.2) is 36.4 Å². The number of ether oxygens (including phenoxy) is 4. The lowest BCUT2D eigenvalue weighted by atomic mass is 9.98. The second-order valence-electron chi connectivity index (χ2n) is 27.2. The topological polar surface area (TPSA) is 36.9 Å². The minimum Gasteiger partial charge on any atom is -0.493 e. The van der Waals surface area contributed by atoms with Gasteiger partial charge in [0.25, 0.3) is 0 Å². The summed E-state index contributed by atoms with van der Waals surface area (Å²) in [7, 11) is 0. The molecule has 3 aromatic rings. The van der Waals surface area contributed by atoms with E-state index >= 15 is 0 Å². The van der Waals surface area contributed by atoms with Gasteiger partial charge in [0.2, 0.25) is 0 Å². The maximum atomic E-state index is 7.17. The van der Waals surface area contributed by atoms with E-state index in [2.05, 4.69) is 64.1 Å². The summed E-state index contributed by atoms with van der Waals surface area (Å²) in [6.45, 7) is 12.1. The van der Waals surface area contributed by atoms with Crippen molar-refractivity contribution in [3.63, 3.8) is 0 Å². The zero-order chi connectivity index (χ0) is 60.9. The van der Waals surface area contributed by atoms with Crippen LogP contribution < -0.4 is 18.9 Å². The molecule has 0 amide bonds. The van der Waals surface area contributed by atoms with Gasteiger partial charge in [-0.3, -0.25) is 0 Å². The Morgan fingerprint density at radius 1 is 0.186 bits per heavy atom. The summed E-state index contributed by atoms with van der Waals surface area (Å²) in [5, 5.41) is 4.35. The number of benzene rings is 3. The molecule has 3 aromatic carbocycles. The summed E-state index contributed by atoms with van der Waals surface area (Å²) in [5.41, 5.74) is 0. The van der Waals surface area contributed by atoms with Crippen molar-refractivity contribution in [2.45, 2.75) is 413 Å². The highest BCUT2D eigenvalue weighted by atomic mass is 16.5. The van der Waals surface area contributed by atoms with Crippen LogP contribution in [0.25, 0.3) is 21.5 Å². The molecule has 0 aliphatic rings. The first-order valence-electron chi connectivity index (χ1n) is 39.3. The molecule has 4 nitrogen and oxygen atoms in total. The third kappa shape index (κ3) is 40.9.